The van der Waals surface area contributed by atoms with Crippen molar-refractivity contribution in [3.8, 4) is 11.5 Å². The highest BCUT2D eigenvalue weighted by Crippen LogP contribution is 2.41. The van der Waals surface area contributed by atoms with E-state index in [9.17, 15) is 13.2 Å². The third-order valence-electron chi connectivity index (χ3n) is 6.72. The summed E-state index contributed by atoms with van der Waals surface area (Å²) in [6.45, 7) is 4.76. The molecular weight excluding hydrogens is 426 g/mol. The van der Waals surface area contributed by atoms with Gasteiger partial charge in [-0.2, -0.15) is 4.31 Å². The summed E-state index contributed by atoms with van der Waals surface area (Å²) in [5.41, 5.74) is 1.45. The Morgan fingerprint density at radius 1 is 0.969 bits per heavy atom. The van der Waals surface area contributed by atoms with Gasteiger partial charge in [0.2, 0.25) is 10.0 Å². The molecule has 2 fully saturated rings. The van der Waals surface area contributed by atoms with Crippen LogP contribution in [-0.4, -0.2) is 44.8 Å². The van der Waals surface area contributed by atoms with E-state index in [2.05, 4.69) is 17.1 Å². The number of fused-ring (bicyclic) bond motifs is 2. The summed E-state index contributed by atoms with van der Waals surface area (Å²) < 4.78 is 35.3. The number of hydrogen-bond acceptors (Lipinski definition) is 5. The highest BCUT2D eigenvalue weighted by atomic mass is 32.2. The Balaban J connectivity index is 1.63. The molecule has 170 valence electrons. The summed E-state index contributed by atoms with van der Waals surface area (Å²) in [5.74, 6) is 1.09. The summed E-state index contributed by atoms with van der Waals surface area (Å²) >= 11 is 0. The number of carbonyl (C=O) groups is 1. The van der Waals surface area contributed by atoms with E-state index in [0.29, 0.717) is 41.9 Å². The van der Waals surface area contributed by atoms with E-state index in [1.54, 1.807) is 22.5 Å². The van der Waals surface area contributed by atoms with Crippen molar-refractivity contribution in [3.63, 3.8) is 0 Å². The number of para-hydroxylation sites is 2. The monoisotopic (exact) mass is 455 g/mol. The Hall–Kier alpha value is -2.58. The average molecular weight is 456 g/mol. The zero-order chi connectivity index (χ0) is 22.3. The van der Waals surface area contributed by atoms with Crippen molar-refractivity contribution >= 4 is 27.3 Å². The molecule has 0 spiro atoms. The molecule has 0 saturated carbocycles. The fourth-order valence-corrected chi connectivity index (χ4v) is 6.42. The van der Waals surface area contributed by atoms with Gasteiger partial charge in [0.05, 0.1) is 16.9 Å². The number of amides is 1. The van der Waals surface area contributed by atoms with E-state index < -0.39 is 10.0 Å². The first kappa shape index (κ1) is 21.3. The topological polar surface area (TPSA) is 79.0 Å². The van der Waals surface area contributed by atoms with E-state index in [1.165, 1.54) is 6.07 Å². The van der Waals surface area contributed by atoms with Crippen LogP contribution in [-0.2, 0) is 10.0 Å². The summed E-state index contributed by atoms with van der Waals surface area (Å²) in [4.78, 5) is 15.4. The third-order valence-corrected chi connectivity index (χ3v) is 8.65. The van der Waals surface area contributed by atoms with Crippen LogP contribution < -0.4 is 15.0 Å². The lowest BCUT2D eigenvalue weighted by molar-refractivity contribution is 0.102. The van der Waals surface area contributed by atoms with Gasteiger partial charge in [-0.3, -0.25) is 4.79 Å². The minimum atomic E-state index is -3.75. The van der Waals surface area contributed by atoms with Gasteiger partial charge >= 0.3 is 0 Å². The molecule has 1 amide bonds. The lowest BCUT2D eigenvalue weighted by Crippen LogP contribution is -2.39. The molecule has 2 saturated heterocycles. The molecule has 0 radical (unpaired) electrons. The second-order valence-electron chi connectivity index (χ2n) is 9.00. The molecule has 1 N–H and O–H groups in total. The predicted octanol–water partition coefficient (Wildman–Crippen LogP) is 4.46. The standard InChI is InChI=1S/C24H29N3O4S/c1-17-9-13-27(14-10-17)32(29,30)23-15-18-22(16-20(23)26-11-5-2-6-12-26)31-21-8-4-3-7-19(21)25-24(18)28/h3-4,7-8,15-17H,2,5-6,9-14H2,1H3,(H,25,28). The maximum Gasteiger partial charge on any atom is 0.259 e. The fraction of sp³-hybridized carbons (Fsp3) is 0.458. The zero-order valence-corrected chi connectivity index (χ0v) is 19.2. The number of hydrogen-bond donors (Lipinski definition) is 1. The van der Waals surface area contributed by atoms with Gasteiger partial charge in [-0.15, -0.1) is 0 Å². The first-order valence-electron chi connectivity index (χ1n) is 11.4. The van der Waals surface area contributed by atoms with Crippen molar-refractivity contribution in [2.75, 3.05) is 36.4 Å². The van der Waals surface area contributed by atoms with Gasteiger partial charge in [-0.05, 0) is 56.2 Å². The Morgan fingerprint density at radius 2 is 1.69 bits per heavy atom. The quantitative estimate of drug-likeness (QED) is 0.740. The van der Waals surface area contributed by atoms with Crippen molar-refractivity contribution in [2.45, 2.75) is 43.9 Å². The number of ether oxygens (including phenoxy) is 1. The molecule has 0 bridgehead atoms. The molecule has 0 unspecified atom stereocenters. The highest BCUT2D eigenvalue weighted by Gasteiger charge is 2.34. The molecule has 0 aromatic heterocycles. The Bertz CT molecular complexity index is 1130. The maximum atomic E-state index is 13.8. The largest absolute Gasteiger partial charge is 0.454 e. The maximum absolute atomic E-state index is 13.8. The average Bonchev–Trinajstić information content (AvgIpc) is 2.94. The van der Waals surface area contributed by atoms with E-state index in [4.69, 9.17) is 4.74 Å². The lowest BCUT2D eigenvalue weighted by atomic mass is 10.0. The Kier molecular flexibility index (Phi) is 5.59. The Labute approximate surface area is 189 Å². The summed E-state index contributed by atoms with van der Waals surface area (Å²) in [6.07, 6.45) is 4.87. The molecule has 3 heterocycles. The molecule has 3 aliphatic heterocycles. The van der Waals surface area contributed by atoms with Gasteiger partial charge in [0, 0.05) is 32.2 Å². The van der Waals surface area contributed by atoms with Crippen LogP contribution in [0.5, 0.6) is 11.5 Å². The number of nitrogens with one attached hydrogen (secondary N) is 1. The summed E-state index contributed by atoms with van der Waals surface area (Å²) in [7, 11) is -3.75. The van der Waals surface area contributed by atoms with Gasteiger partial charge in [-0.1, -0.05) is 19.1 Å². The number of sulfonamides is 1. The van der Waals surface area contributed by atoms with Crippen LogP contribution in [0.2, 0.25) is 0 Å². The number of rotatable bonds is 3. The van der Waals surface area contributed by atoms with Crippen LogP contribution in [0.25, 0.3) is 0 Å². The first-order chi connectivity index (χ1) is 15.4. The van der Waals surface area contributed by atoms with Gasteiger partial charge < -0.3 is 15.0 Å². The number of piperidine rings is 2. The van der Waals surface area contributed by atoms with E-state index in [1.807, 2.05) is 12.1 Å². The van der Waals surface area contributed by atoms with Gasteiger partial charge in [0.15, 0.2) is 5.75 Å². The molecule has 0 aliphatic carbocycles. The van der Waals surface area contributed by atoms with Crippen molar-refractivity contribution in [1.29, 1.82) is 0 Å². The second-order valence-corrected chi connectivity index (χ2v) is 10.9. The smallest absolute Gasteiger partial charge is 0.259 e. The molecule has 8 heteroatoms. The molecule has 2 aromatic rings. The SMILES string of the molecule is CC1CCN(S(=O)(=O)c2cc3c(cc2N2CCCCC2)Oc2ccccc2NC3=O)CC1. The molecule has 7 nitrogen and oxygen atoms in total. The normalized spacial score (nSPS) is 20.0. The third kappa shape index (κ3) is 3.86. The summed E-state index contributed by atoms with van der Waals surface area (Å²) in [6, 6.07) is 10.5. The van der Waals surface area contributed by atoms with Crippen molar-refractivity contribution in [1.82, 2.24) is 4.31 Å². The number of benzene rings is 2. The minimum Gasteiger partial charge on any atom is -0.454 e. The van der Waals surface area contributed by atoms with Crippen LogP contribution in [0.4, 0.5) is 11.4 Å². The first-order valence-corrected chi connectivity index (χ1v) is 12.9. The number of carbonyl (C=O) groups excluding carboxylic acids is 1. The van der Waals surface area contributed by atoms with E-state index in [-0.39, 0.29) is 16.4 Å². The number of nitrogens with zero attached hydrogens (tertiary/aromatic N) is 2. The Morgan fingerprint density at radius 3 is 2.44 bits per heavy atom. The zero-order valence-electron chi connectivity index (χ0n) is 18.3. The fourth-order valence-electron chi connectivity index (χ4n) is 4.73. The molecule has 5 rings (SSSR count). The van der Waals surface area contributed by atoms with Gasteiger partial charge in [-0.25, -0.2) is 8.42 Å². The van der Waals surface area contributed by atoms with Gasteiger partial charge in [0.1, 0.15) is 10.6 Å². The molecule has 0 atom stereocenters. The molecular formula is C24H29N3O4S. The van der Waals surface area contributed by atoms with Crippen LogP contribution in [0.15, 0.2) is 41.3 Å². The van der Waals surface area contributed by atoms with Crippen molar-refractivity contribution < 1.29 is 17.9 Å². The van der Waals surface area contributed by atoms with E-state index >= 15 is 0 Å². The van der Waals surface area contributed by atoms with Crippen LogP contribution in [0.3, 0.4) is 0 Å². The molecule has 3 aliphatic rings. The van der Waals surface area contributed by atoms with Crippen LogP contribution in [0, 0.1) is 5.92 Å². The van der Waals surface area contributed by atoms with Crippen molar-refractivity contribution in [3.05, 3.63) is 42.0 Å². The predicted molar refractivity (Wildman–Crippen MR) is 124 cm³/mol. The van der Waals surface area contributed by atoms with E-state index in [0.717, 1.165) is 45.2 Å². The van der Waals surface area contributed by atoms with Crippen LogP contribution in [0.1, 0.15) is 49.4 Å². The number of anilines is 2. The van der Waals surface area contributed by atoms with Gasteiger partial charge in [0.25, 0.3) is 5.91 Å². The molecule has 32 heavy (non-hydrogen) atoms. The minimum absolute atomic E-state index is 0.206. The van der Waals surface area contributed by atoms with Crippen LogP contribution >= 0.6 is 0 Å². The second kappa shape index (κ2) is 8.41. The summed E-state index contributed by atoms with van der Waals surface area (Å²) in [5, 5.41) is 2.86. The highest BCUT2D eigenvalue weighted by molar-refractivity contribution is 7.89. The molecule has 2 aromatic carbocycles. The van der Waals surface area contributed by atoms with Crippen molar-refractivity contribution in [2.24, 2.45) is 5.92 Å². The lowest BCUT2D eigenvalue weighted by Gasteiger charge is -2.34.